The van der Waals surface area contributed by atoms with Gasteiger partial charge in [-0.15, -0.1) is 0 Å². The molecule has 7 heteroatoms. The van der Waals surface area contributed by atoms with Crippen molar-refractivity contribution in [2.75, 3.05) is 72.5 Å². The van der Waals surface area contributed by atoms with Crippen molar-refractivity contribution in [3.8, 4) is 0 Å². The average molecular weight is 419 g/mol. The number of hydrogen-bond donors (Lipinski definition) is 2. The van der Waals surface area contributed by atoms with Crippen LogP contribution in [0.1, 0.15) is 50.8 Å². The summed E-state index contributed by atoms with van der Waals surface area (Å²) >= 11 is 0. The molecule has 30 heavy (non-hydrogen) atoms. The molecule has 0 radical (unpaired) electrons. The molecule has 2 aliphatic rings. The van der Waals surface area contributed by atoms with E-state index in [2.05, 4.69) is 43.3 Å². The molecule has 0 spiro atoms. The highest BCUT2D eigenvalue weighted by molar-refractivity contribution is 5.79. The van der Waals surface area contributed by atoms with E-state index in [1.807, 2.05) is 13.1 Å². The number of furan rings is 1. The van der Waals surface area contributed by atoms with Crippen LogP contribution in [0.2, 0.25) is 0 Å². The number of piperidine rings is 1. The van der Waals surface area contributed by atoms with Crippen LogP contribution in [0, 0.1) is 0 Å². The fourth-order valence-electron chi connectivity index (χ4n) is 4.53. The van der Waals surface area contributed by atoms with Crippen LogP contribution in [0.25, 0.3) is 0 Å². The predicted molar refractivity (Wildman–Crippen MR) is 124 cm³/mol. The number of hydrogen-bond acceptors (Lipinski definition) is 5. The van der Waals surface area contributed by atoms with Gasteiger partial charge in [-0.1, -0.05) is 13.3 Å². The van der Waals surface area contributed by atoms with E-state index in [-0.39, 0.29) is 6.04 Å². The molecule has 1 atom stereocenters. The SMILES string of the molecule is CCN1CCN(CCCCNC(=NC)NCC(c2ccco2)N2CCCCC2)CC1. The Morgan fingerprint density at radius 3 is 2.47 bits per heavy atom. The van der Waals surface area contributed by atoms with Crippen molar-refractivity contribution in [3.63, 3.8) is 0 Å². The van der Waals surface area contributed by atoms with Crippen LogP contribution >= 0.6 is 0 Å². The Morgan fingerprint density at radius 2 is 1.80 bits per heavy atom. The maximum atomic E-state index is 5.75. The lowest BCUT2D eigenvalue weighted by Crippen LogP contribution is -2.46. The zero-order valence-corrected chi connectivity index (χ0v) is 19.1. The molecule has 3 rings (SSSR count). The summed E-state index contributed by atoms with van der Waals surface area (Å²) in [6, 6.07) is 4.35. The summed E-state index contributed by atoms with van der Waals surface area (Å²) in [5.41, 5.74) is 0. The molecule has 7 nitrogen and oxygen atoms in total. The number of guanidine groups is 1. The predicted octanol–water partition coefficient (Wildman–Crippen LogP) is 2.39. The Bertz CT molecular complexity index is 591. The fraction of sp³-hybridized carbons (Fsp3) is 0.783. The molecule has 2 saturated heterocycles. The zero-order valence-electron chi connectivity index (χ0n) is 19.1. The molecule has 0 aromatic carbocycles. The van der Waals surface area contributed by atoms with Gasteiger partial charge >= 0.3 is 0 Å². The van der Waals surface area contributed by atoms with Crippen molar-refractivity contribution in [1.82, 2.24) is 25.3 Å². The Hall–Kier alpha value is -1.57. The fourth-order valence-corrected chi connectivity index (χ4v) is 4.53. The number of aliphatic imine (C=N–C) groups is 1. The van der Waals surface area contributed by atoms with Crippen LogP contribution in [-0.2, 0) is 0 Å². The van der Waals surface area contributed by atoms with Crippen molar-refractivity contribution in [2.24, 2.45) is 4.99 Å². The second-order valence-corrected chi connectivity index (χ2v) is 8.49. The van der Waals surface area contributed by atoms with Gasteiger partial charge in [0.1, 0.15) is 5.76 Å². The number of nitrogens with one attached hydrogen (secondary N) is 2. The largest absolute Gasteiger partial charge is 0.468 e. The molecule has 3 heterocycles. The molecular formula is C23H42N6O. The van der Waals surface area contributed by atoms with E-state index in [9.17, 15) is 0 Å². The van der Waals surface area contributed by atoms with Gasteiger partial charge in [0.05, 0.1) is 12.3 Å². The van der Waals surface area contributed by atoms with E-state index in [0.717, 1.165) is 37.9 Å². The second kappa shape index (κ2) is 13.0. The Labute approximate surface area is 182 Å². The maximum Gasteiger partial charge on any atom is 0.191 e. The molecule has 2 fully saturated rings. The monoisotopic (exact) mass is 418 g/mol. The van der Waals surface area contributed by atoms with Crippen LogP contribution in [0.3, 0.4) is 0 Å². The maximum absolute atomic E-state index is 5.75. The summed E-state index contributed by atoms with van der Waals surface area (Å²) in [7, 11) is 1.85. The summed E-state index contributed by atoms with van der Waals surface area (Å²) in [5.74, 6) is 1.93. The third kappa shape index (κ3) is 7.29. The van der Waals surface area contributed by atoms with Crippen molar-refractivity contribution < 1.29 is 4.42 Å². The third-order valence-electron chi connectivity index (χ3n) is 6.50. The van der Waals surface area contributed by atoms with Gasteiger partial charge in [0, 0.05) is 46.3 Å². The molecule has 2 aliphatic heterocycles. The highest BCUT2D eigenvalue weighted by Gasteiger charge is 2.24. The van der Waals surface area contributed by atoms with E-state index < -0.39 is 0 Å². The summed E-state index contributed by atoms with van der Waals surface area (Å²) in [5, 5.41) is 7.02. The molecule has 2 N–H and O–H groups in total. The third-order valence-corrected chi connectivity index (χ3v) is 6.50. The van der Waals surface area contributed by atoms with Gasteiger partial charge in [-0.25, -0.2) is 0 Å². The Morgan fingerprint density at radius 1 is 1.03 bits per heavy atom. The van der Waals surface area contributed by atoms with Crippen LogP contribution in [0.15, 0.2) is 27.8 Å². The minimum absolute atomic E-state index is 0.264. The highest BCUT2D eigenvalue weighted by Crippen LogP contribution is 2.24. The second-order valence-electron chi connectivity index (χ2n) is 8.49. The molecule has 0 saturated carbocycles. The van der Waals surface area contributed by atoms with E-state index >= 15 is 0 Å². The number of rotatable bonds is 10. The van der Waals surface area contributed by atoms with E-state index in [4.69, 9.17) is 4.42 Å². The molecule has 0 aliphatic carbocycles. The lowest BCUT2D eigenvalue weighted by atomic mass is 10.1. The van der Waals surface area contributed by atoms with Gasteiger partial charge in [0.2, 0.25) is 0 Å². The summed E-state index contributed by atoms with van der Waals surface area (Å²) in [6.07, 6.45) is 8.07. The van der Waals surface area contributed by atoms with Crippen molar-refractivity contribution in [2.45, 2.75) is 45.1 Å². The van der Waals surface area contributed by atoms with Crippen LogP contribution in [0.5, 0.6) is 0 Å². The molecule has 1 aromatic rings. The normalized spacial score (nSPS) is 20.9. The number of unbranched alkanes of at least 4 members (excludes halogenated alkanes) is 1. The summed E-state index contributed by atoms with van der Waals surface area (Å²) in [6.45, 7) is 13.6. The smallest absolute Gasteiger partial charge is 0.191 e. The molecular weight excluding hydrogens is 376 g/mol. The molecule has 1 aromatic heterocycles. The zero-order chi connectivity index (χ0) is 21.0. The summed E-state index contributed by atoms with van der Waals surface area (Å²) in [4.78, 5) is 12.1. The van der Waals surface area contributed by atoms with Gasteiger partial charge in [-0.2, -0.15) is 0 Å². The molecule has 170 valence electrons. The number of likely N-dealkylation sites (tertiary alicyclic amines) is 1. The number of piperazine rings is 1. The first-order valence-corrected chi connectivity index (χ1v) is 12.0. The minimum Gasteiger partial charge on any atom is -0.468 e. The van der Waals surface area contributed by atoms with Gasteiger partial charge in [0.25, 0.3) is 0 Å². The average Bonchev–Trinajstić information content (AvgIpc) is 3.33. The van der Waals surface area contributed by atoms with E-state index in [0.29, 0.717) is 0 Å². The topological polar surface area (TPSA) is 59.3 Å². The standard InChI is InChI=1S/C23H42N6O/c1-3-27-15-17-28(18-16-27)12-8-5-11-25-23(24-2)26-20-21(22-10-9-19-30-22)29-13-6-4-7-14-29/h9-10,19,21H,3-8,11-18,20H2,1-2H3,(H2,24,25,26). The lowest BCUT2D eigenvalue weighted by Gasteiger charge is -2.34. The van der Waals surface area contributed by atoms with Crippen LogP contribution < -0.4 is 10.6 Å². The van der Waals surface area contributed by atoms with Gasteiger partial charge in [-0.3, -0.25) is 9.89 Å². The molecule has 0 amide bonds. The number of nitrogens with zero attached hydrogens (tertiary/aromatic N) is 4. The van der Waals surface area contributed by atoms with Gasteiger partial charge in [0.15, 0.2) is 5.96 Å². The summed E-state index contributed by atoms with van der Waals surface area (Å²) < 4.78 is 5.75. The first-order chi connectivity index (χ1) is 14.8. The van der Waals surface area contributed by atoms with Crippen molar-refractivity contribution in [1.29, 1.82) is 0 Å². The van der Waals surface area contributed by atoms with E-state index in [1.165, 1.54) is 71.4 Å². The lowest BCUT2D eigenvalue weighted by molar-refractivity contribution is 0.136. The minimum atomic E-state index is 0.264. The Balaban J connectivity index is 1.34. The quantitative estimate of drug-likeness (QED) is 0.346. The van der Waals surface area contributed by atoms with Crippen LogP contribution in [0.4, 0.5) is 0 Å². The first kappa shape index (κ1) is 23.1. The number of likely N-dealkylation sites (N-methyl/N-ethyl adjacent to an activating group) is 1. The van der Waals surface area contributed by atoms with Gasteiger partial charge < -0.3 is 24.9 Å². The first-order valence-electron chi connectivity index (χ1n) is 12.0. The Kier molecular flexibility index (Phi) is 9.99. The highest BCUT2D eigenvalue weighted by atomic mass is 16.3. The van der Waals surface area contributed by atoms with Crippen molar-refractivity contribution >= 4 is 5.96 Å². The van der Waals surface area contributed by atoms with E-state index in [1.54, 1.807) is 6.26 Å². The molecule has 0 bridgehead atoms. The van der Waals surface area contributed by atoms with Gasteiger partial charge in [-0.05, 0) is 64.0 Å². The molecule has 1 unspecified atom stereocenters. The van der Waals surface area contributed by atoms with Crippen molar-refractivity contribution in [3.05, 3.63) is 24.2 Å². The van der Waals surface area contributed by atoms with Crippen LogP contribution in [-0.4, -0.2) is 93.2 Å².